The van der Waals surface area contributed by atoms with E-state index >= 15 is 0 Å². The number of furan rings is 1. The molecule has 4 heterocycles. The normalized spacial score (nSPS) is 12.3. The van der Waals surface area contributed by atoms with Crippen LogP contribution >= 0.6 is 11.3 Å². The molecule has 0 unspecified atom stereocenters. The zero-order valence-electron chi connectivity index (χ0n) is 24.4. The smallest absolute Gasteiger partial charge is 0.496 e. The van der Waals surface area contributed by atoms with Gasteiger partial charge in [-0.3, -0.25) is 4.98 Å². The van der Waals surface area contributed by atoms with Crippen molar-refractivity contribution in [1.82, 2.24) is 9.97 Å². The molecule has 7 rings (SSSR count). The molecule has 0 bridgehead atoms. The SMILES string of the molecule is CC(C)(C)c1cc(Oc2[c-]c(-c3ccccn3)ccc2C(C)(C)C)[c-]c(-c2cc3sc4cccc5oc(n2)c3c54)c1.[Pt+2]. The van der Waals surface area contributed by atoms with E-state index in [-0.39, 0.29) is 31.9 Å². The van der Waals surface area contributed by atoms with Crippen LogP contribution in [0.15, 0.2) is 77.3 Å². The van der Waals surface area contributed by atoms with Crippen molar-refractivity contribution >= 4 is 42.8 Å². The number of nitrogens with zero attached hydrogens (tertiary/aromatic N) is 2. The Bertz CT molecular complexity index is 1990. The van der Waals surface area contributed by atoms with Gasteiger partial charge in [0.15, 0.2) is 0 Å². The third-order valence-electron chi connectivity index (χ3n) is 7.47. The van der Waals surface area contributed by atoms with Gasteiger partial charge in [0, 0.05) is 32.5 Å². The predicted molar refractivity (Wildman–Crippen MR) is 168 cm³/mol. The van der Waals surface area contributed by atoms with Crippen molar-refractivity contribution in [1.29, 1.82) is 0 Å². The third kappa shape index (κ3) is 5.03. The Morgan fingerprint density at radius 1 is 0.762 bits per heavy atom. The minimum Gasteiger partial charge on any atom is -0.496 e. The molecule has 7 aromatic rings. The molecule has 0 saturated carbocycles. The average molecular weight is 750 g/mol. The first-order valence-corrected chi connectivity index (χ1v) is 14.6. The van der Waals surface area contributed by atoms with Crippen molar-refractivity contribution in [2.45, 2.75) is 52.4 Å². The summed E-state index contributed by atoms with van der Waals surface area (Å²) in [5.74, 6) is 1.30. The molecule has 3 aromatic carbocycles. The van der Waals surface area contributed by atoms with Crippen LogP contribution in [0.5, 0.6) is 11.5 Å². The fourth-order valence-corrected chi connectivity index (χ4v) is 6.42. The van der Waals surface area contributed by atoms with Crippen LogP contribution in [0.2, 0.25) is 0 Å². The van der Waals surface area contributed by atoms with Gasteiger partial charge in [-0.1, -0.05) is 89.6 Å². The van der Waals surface area contributed by atoms with E-state index in [1.165, 1.54) is 4.70 Å². The standard InChI is InChI=1S/C36H30N2O2S.Pt/c1-35(2,3)23-16-22(27-20-31-33-32-28(40-34(33)38-27)11-9-12-30(32)41-31)17-24(19-23)39-29-18-21(26-10-7-8-15-37-26)13-14-25(29)36(4,5)6;/h7-16,19-20H,1-6H3;/q-2;+2. The molecule has 0 radical (unpaired) electrons. The summed E-state index contributed by atoms with van der Waals surface area (Å²) in [6.45, 7) is 13.2. The second-order valence-electron chi connectivity index (χ2n) is 12.6. The van der Waals surface area contributed by atoms with Crippen molar-refractivity contribution < 1.29 is 30.2 Å². The van der Waals surface area contributed by atoms with E-state index in [0.29, 0.717) is 17.2 Å². The monoisotopic (exact) mass is 749 g/mol. The van der Waals surface area contributed by atoms with Gasteiger partial charge in [-0.15, -0.1) is 46.2 Å². The molecule has 0 aliphatic carbocycles. The Labute approximate surface area is 264 Å². The maximum Gasteiger partial charge on any atom is 2.00 e. The van der Waals surface area contributed by atoms with Gasteiger partial charge in [-0.2, -0.15) is 0 Å². The molecule has 212 valence electrons. The summed E-state index contributed by atoms with van der Waals surface area (Å²) >= 11 is 1.77. The van der Waals surface area contributed by atoms with Crippen LogP contribution in [0.3, 0.4) is 0 Å². The third-order valence-corrected chi connectivity index (χ3v) is 8.57. The number of hydrogen-bond acceptors (Lipinski definition) is 5. The van der Waals surface area contributed by atoms with Gasteiger partial charge >= 0.3 is 21.1 Å². The summed E-state index contributed by atoms with van der Waals surface area (Å²) in [6.07, 6.45) is 1.80. The van der Waals surface area contributed by atoms with Gasteiger partial charge in [-0.25, -0.2) is 0 Å². The molecule has 4 nitrogen and oxygen atoms in total. The molecule has 0 saturated heterocycles. The number of ether oxygens (including phenoxy) is 1. The van der Waals surface area contributed by atoms with Crippen LogP contribution in [0, 0.1) is 12.1 Å². The van der Waals surface area contributed by atoms with Crippen molar-refractivity contribution in [3.8, 4) is 34.0 Å². The summed E-state index contributed by atoms with van der Waals surface area (Å²) in [4.78, 5) is 9.51. The van der Waals surface area contributed by atoms with Gasteiger partial charge in [0.2, 0.25) is 5.71 Å². The first kappa shape index (κ1) is 28.6. The van der Waals surface area contributed by atoms with Gasteiger partial charge < -0.3 is 14.1 Å². The number of pyridine rings is 2. The molecule has 4 aromatic heterocycles. The van der Waals surface area contributed by atoms with Crippen molar-refractivity contribution in [3.63, 3.8) is 0 Å². The minimum absolute atomic E-state index is 0. The maximum atomic E-state index is 6.68. The van der Waals surface area contributed by atoms with Gasteiger partial charge in [0.05, 0.1) is 5.39 Å². The number of thiophene rings is 1. The first-order chi connectivity index (χ1) is 19.5. The zero-order chi connectivity index (χ0) is 28.5. The van der Waals surface area contributed by atoms with E-state index in [0.717, 1.165) is 54.7 Å². The Kier molecular flexibility index (Phi) is 7.03. The molecule has 0 amide bonds. The Morgan fingerprint density at radius 3 is 2.33 bits per heavy atom. The Morgan fingerprint density at radius 2 is 1.60 bits per heavy atom. The van der Waals surface area contributed by atoms with Gasteiger partial charge in [-0.05, 0) is 40.4 Å². The molecule has 0 spiro atoms. The number of aromatic nitrogens is 2. The van der Waals surface area contributed by atoms with Crippen LogP contribution in [0.1, 0.15) is 52.7 Å². The fraction of sp³-hybridized carbons (Fsp3) is 0.222. The average Bonchev–Trinajstić information content (AvgIpc) is 3.51. The largest absolute Gasteiger partial charge is 2.00 e. The maximum absolute atomic E-state index is 6.68. The van der Waals surface area contributed by atoms with Crippen LogP contribution < -0.4 is 4.74 Å². The number of benzene rings is 3. The molecule has 0 fully saturated rings. The zero-order valence-corrected chi connectivity index (χ0v) is 27.5. The number of rotatable bonds is 4. The predicted octanol–water partition coefficient (Wildman–Crippen LogP) is 10.3. The number of hydrogen-bond donors (Lipinski definition) is 0. The van der Waals surface area contributed by atoms with Crippen LogP contribution in [-0.2, 0) is 31.9 Å². The second-order valence-corrected chi connectivity index (χ2v) is 13.7. The van der Waals surface area contributed by atoms with E-state index in [1.807, 2.05) is 30.3 Å². The molecular weight excluding hydrogens is 720 g/mol. The molecule has 0 aliphatic heterocycles. The molecular formula is C36H30N2O2PtS. The van der Waals surface area contributed by atoms with E-state index in [2.05, 4.69) is 95.1 Å². The minimum atomic E-state index is -0.147. The van der Waals surface area contributed by atoms with Crippen LogP contribution in [0.25, 0.3) is 54.0 Å². The van der Waals surface area contributed by atoms with Crippen molar-refractivity contribution in [2.75, 3.05) is 0 Å². The summed E-state index contributed by atoms with van der Waals surface area (Å²) in [7, 11) is 0. The summed E-state index contributed by atoms with van der Waals surface area (Å²) in [6, 6.07) is 29.7. The van der Waals surface area contributed by atoms with Gasteiger partial charge in [0.25, 0.3) is 0 Å². The fourth-order valence-electron chi connectivity index (χ4n) is 5.27. The molecule has 6 heteroatoms. The van der Waals surface area contributed by atoms with E-state index in [1.54, 1.807) is 17.5 Å². The summed E-state index contributed by atoms with van der Waals surface area (Å²) in [5.41, 5.74) is 6.90. The molecule has 0 aliphatic rings. The van der Waals surface area contributed by atoms with Gasteiger partial charge in [0.1, 0.15) is 5.58 Å². The van der Waals surface area contributed by atoms with E-state index < -0.39 is 0 Å². The van der Waals surface area contributed by atoms with E-state index in [9.17, 15) is 0 Å². The Balaban J connectivity index is 0.00000316. The summed E-state index contributed by atoms with van der Waals surface area (Å²) < 4.78 is 15.2. The second kappa shape index (κ2) is 10.3. The molecule has 0 N–H and O–H groups in total. The summed E-state index contributed by atoms with van der Waals surface area (Å²) in [5, 5.41) is 2.26. The Hall–Kier alpha value is -3.53. The topological polar surface area (TPSA) is 48.2 Å². The van der Waals surface area contributed by atoms with Crippen molar-refractivity contribution in [2.24, 2.45) is 0 Å². The van der Waals surface area contributed by atoms with Crippen LogP contribution in [-0.4, -0.2) is 9.97 Å². The molecule has 0 atom stereocenters. The van der Waals surface area contributed by atoms with Crippen LogP contribution in [0.4, 0.5) is 0 Å². The first-order valence-electron chi connectivity index (χ1n) is 13.8. The van der Waals surface area contributed by atoms with Crippen molar-refractivity contribution in [3.05, 3.63) is 96.2 Å². The van der Waals surface area contributed by atoms with E-state index in [4.69, 9.17) is 14.1 Å². The quantitative estimate of drug-likeness (QED) is 0.168. The molecule has 42 heavy (non-hydrogen) atoms.